The summed E-state index contributed by atoms with van der Waals surface area (Å²) in [5.74, 6) is 1.41. The minimum absolute atomic E-state index is 0.380. The lowest BCUT2D eigenvalue weighted by Crippen LogP contribution is -2.34. The van der Waals surface area contributed by atoms with E-state index in [0.717, 1.165) is 59.6 Å². The van der Waals surface area contributed by atoms with E-state index < -0.39 is 7.12 Å². The van der Waals surface area contributed by atoms with Crippen LogP contribution in [0, 0.1) is 11.3 Å². The molecule has 5 rings (SSSR count). The average Bonchev–Trinajstić information content (AvgIpc) is 3.38. The first kappa shape index (κ1) is 18.9. The minimum atomic E-state index is -0.849. The highest BCUT2D eigenvalue weighted by Gasteiger charge is 2.29. The molecule has 0 radical (unpaired) electrons. The topological polar surface area (TPSA) is 87.2 Å². The summed E-state index contributed by atoms with van der Waals surface area (Å²) in [6.07, 6.45) is 3.69. The largest absolute Gasteiger partial charge is 0.491 e. The molecule has 0 unspecified atom stereocenters. The monoisotopic (exact) mass is 399 g/mol. The normalized spacial score (nSPS) is 16.6. The van der Waals surface area contributed by atoms with Gasteiger partial charge in [-0.2, -0.15) is 5.26 Å². The zero-order valence-corrected chi connectivity index (χ0v) is 16.8. The van der Waals surface area contributed by atoms with E-state index in [4.69, 9.17) is 4.65 Å². The minimum Gasteiger partial charge on any atom is -0.423 e. The van der Waals surface area contributed by atoms with Crippen LogP contribution in [0.2, 0.25) is 0 Å². The van der Waals surface area contributed by atoms with E-state index in [9.17, 15) is 10.3 Å². The van der Waals surface area contributed by atoms with Crippen molar-refractivity contribution in [3.05, 3.63) is 59.7 Å². The molecular weight excluding hydrogens is 377 g/mol. The number of nitriles is 1. The molecular formula is C22H22BN5O2. The van der Waals surface area contributed by atoms with Gasteiger partial charge in [0, 0.05) is 31.6 Å². The Balaban J connectivity index is 1.47. The van der Waals surface area contributed by atoms with Crippen LogP contribution in [0.1, 0.15) is 35.7 Å². The predicted octanol–water partition coefficient (Wildman–Crippen LogP) is 1.96. The molecule has 7 nitrogen and oxygen atoms in total. The number of aromatic nitrogens is 3. The zero-order valence-electron chi connectivity index (χ0n) is 16.8. The summed E-state index contributed by atoms with van der Waals surface area (Å²) in [4.78, 5) is 2.32. The van der Waals surface area contributed by atoms with Gasteiger partial charge < -0.3 is 19.1 Å². The number of para-hydroxylation sites is 1. The molecule has 1 aromatic heterocycles. The molecule has 1 fully saturated rings. The number of rotatable bonds is 3. The maximum Gasteiger partial charge on any atom is 0.491 e. The van der Waals surface area contributed by atoms with Crippen molar-refractivity contribution in [1.29, 1.82) is 5.26 Å². The van der Waals surface area contributed by atoms with Gasteiger partial charge in [0.15, 0.2) is 0 Å². The molecule has 0 aliphatic carbocycles. The van der Waals surface area contributed by atoms with Crippen molar-refractivity contribution in [2.45, 2.75) is 25.4 Å². The van der Waals surface area contributed by atoms with Crippen LogP contribution < -0.4 is 10.4 Å². The number of piperidine rings is 1. The third kappa shape index (κ3) is 3.16. The van der Waals surface area contributed by atoms with Crippen molar-refractivity contribution in [1.82, 2.24) is 14.8 Å². The molecule has 0 spiro atoms. The Hall–Kier alpha value is -3.15. The highest BCUT2D eigenvalue weighted by Crippen LogP contribution is 2.38. The van der Waals surface area contributed by atoms with Crippen molar-refractivity contribution in [2.24, 2.45) is 7.05 Å². The number of hydrogen-bond acceptors (Lipinski definition) is 6. The van der Waals surface area contributed by atoms with Crippen LogP contribution in [-0.4, -0.2) is 40.0 Å². The first-order valence-electron chi connectivity index (χ1n) is 10.2. The number of aryl methyl sites for hydroxylation is 1. The summed E-state index contributed by atoms with van der Waals surface area (Å²) in [6, 6.07) is 14.3. The molecule has 8 heteroatoms. The van der Waals surface area contributed by atoms with E-state index in [1.54, 1.807) is 6.33 Å². The van der Waals surface area contributed by atoms with Gasteiger partial charge in [0.1, 0.15) is 18.2 Å². The molecule has 0 atom stereocenters. The fourth-order valence-electron chi connectivity index (χ4n) is 4.63. The summed E-state index contributed by atoms with van der Waals surface area (Å²) < 4.78 is 7.34. The molecule has 3 heterocycles. The van der Waals surface area contributed by atoms with Crippen LogP contribution in [-0.2, 0) is 18.3 Å². The third-order valence-electron chi connectivity index (χ3n) is 6.20. The fraction of sp³-hybridized carbons (Fsp3) is 0.318. The Bertz CT molecular complexity index is 1130. The van der Waals surface area contributed by atoms with Crippen LogP contribution >= 0.6 is 0 Å². The van der Waals surface area contributed by atoms with Crippen LogP contribution in [0.4, 0.5) is 5.69 Å². The van der Waals surface area contributed by atoms with E-state index in [0.29, 0.717) is 18.1 Å². The van der Waals surface area contributed by atoms with Crippen LogP contribution in [0.3, 0.4) is 0 Å². The van der Waals surface area contributed by atoms with Gasteiger partial charge in [0.2, 0.25) is 0 Å². The molecule has 2 aliphatic rings. The van der Waals surface area contributed by atoms with Gasteiger partial charge in [0.05, 0.1) is 17.9 Å². The Morgan fingerprint density at radius 2 is 2.07 bits per heavy atom. The highest BCUT2D eigenvalue weighted by atomic mass is 16.5. The molecule has 1 saturated heterocycles. The van der Waals surface area contributed by atoms with Crippen LogP contribution in [0.5, 0.6) is 0 Å². The number of anilines is 1. The molecule has 2 aliphatic heterocycles. The van der Waals surface area contributed by atoms with E-state index in [1.165, 1.54) is 0 Å². The molecule has 0 bridgehead atoms. The van der Waals surface area contributed by atoms with Crippen molar-refractivity contribution in [3.8, 4) is 17.2 Å². The predicted molar refractivity (Wildman–Crippen MR) is 114 cm³/mol. The summed E-state index contributed by atoms with van der Waals surface area (Å²) in [5.41, 5.74) is 5.55. The lowest BCUT2D eigenvalue weighted by molar-refractivity contribution is 0.275. The van der Waals surface area contributed by atoms with Crippen LogP contribution in [0.15, 0.2) is 42.7 Å². The highest BCUT2D eigenvalue weighted by molar-refractivity contribution is 6.61. The molecule has 3 aromatic rings. The molecule has 0 saturated carbocycles. The molecule has 150 valence electrons. The van der Waals surface area contributed by atoms with E-state index in [1.807, 2.05) is 35.9 Å². The third-order valence-corrected chi connectivity index (χ3v) is 6.20. The lowest BCUT2D eigenvalue weighted by Gasteiger charge is -2.35. The Morgan fingerprint density at radius 3 is 2.80 bits per heavy atom. The zero-order chi connectivity index (χ0) is 20.7. The van der Waals surface area contributed by atoms with Gasteiger partial charge in [-0.3, -0.25) is 0 Å². The summed E-state index contributed by atoms with van der Waals surface area (Å²) in [5, 5.41) is 28.0. The van der Waals surface area contributed by atoms with Crippen LogP contribution in [0.25, 0.3) is 11.1 Å². The van der Waals surface area contributed by atoms with Gasteiger partial charge in [-0.05, 0) is 41.6 Å². The van der Waals surface area contributed by atoms with Gasteiger partial charge in [-0.1, -0.05) is 24.3 Å². The number of nitrogens with zero attached hydrogens (tertiary/aromatic N) is 5. The second kappa shape index (κ2) is 7.60. The second-order valence-corrected chi connectivity index (χ2v) is 7.95. The summed E-state index contributed by atoms with van der Waals surface area (Å²) in [6.45, 7) is 2.12. The number of fused-ring (bicyclic) bond motifs is 1. The lowest BCUT2D eigenvalue weighted by atomic mass is 9.78. The van der Waals surface area contributed by atoms with Gasteiger partial charge >= 0.3 is 7.12 Å². The maximum absolute atomic E-state index is 9.92. The van der Waals surface area contributed by atoms with E-state index >= 15 is 0 Å². The molecule has 1 N–H and O–H groups in total. The van der Waals surface area contributed by atoms with Gasteiger partial charge in [0.25, 0.3) is 0 Å². The first-order valence-corrected chi connectivity index (χ1v) is 10.2. The van der Waals surface area contributed by atoms with Crippen molar-refractivity contribution in [3.63, 3.8) is 0 Å². The van der Waals surface area contributed by atoms with E-state index in [-0.39, 0.29) is 0 Å². The molecule has 2 aromatic carbocycles. The second-order valence-electron chi connectivity index (χ2n) is 7.95. The van der Waals surface area contributed by atoms with Crippen molar-refractivity contribution in [2.75, 3.05) is 18.0 Å². The van der Waals surface area contributed by atoms with Gasteiger partial charge in [-0.25, -0.2) is 0 Å². The quantitative estimate of drug-likeness (QED) is 0.678. The molecule has 0 amide bonds. The Kier molecular flexibility index (Phi) is 4.77. The Labute approximate surface area is 175 Å². The van der Waals surface area contributed by atoms with Crippen molar-refractivity contribution >= 4 is 18.3 Å². The SMILES string of the molecule is Cn1cnnc1C1CCN(c2c(C#N)cccc2-c2ccc3c(c2)COB3O)CC1. The summed E-state index contributed by atoms with van der Waals surface area (Å²) >= 11 is 0. The first-order chi connectivity index (χ1) is 14.7. The van der Waals surface area contributed by atoms with Gasteiger partial charge in [-0.15, -0.1) is 10.2 Å². The smallest absolute Gasteiger partial charge is 0.423 e. The maximum atomic E-state index is 9.92. The average molecular weight is 399 g/mol. The fourth-order valence-corrected chi connectivity index (χ4v) is 4.63. The molecule has 30 heavy (non-hydrogen) atoms. The number of benzene rings is 2. The summed E-state index contributed by atoms with van der Waals surface area (Å²) in [7, 11) is 1.14. The van der Waals surface area contributed by atoms with Crippen molar-refractivity contribution < 1.29 is 9.68 Å². The standard InChI is InChI=1S/C22H22BN5O2/c1-27-14-25-26-22(27)15-7-9-28(10-8-15)21-17(12-24)3-2-4-19(21)16-5-6-20-18(11-16)13-30-23(20)29/h2-6,11,14-15,29H,7-10,13H2,1H3. The van der Waals surface area contributed by atoms with E-state index in [2.05, 4.69) is 33.3 Å². The Morgan fingerprint density at radius 1 is 1.23 bits per heavy atom. The number of hydrogen-bond donors (Lipinski definition) is 1.